The molecule has 2 unspecified atom stereocenters. The van der Waals surface area contributed by atoms with Crippen molar-refractivity contribution >= 4 is 23.6 Å². The summed E-state index contributed by atoms with van der Waals surface area (Å²) in [6.07, 6.45) is 2.81. The molecule has 2 heterocycles. The van der Waals surface area contributed by atoms with Gasteiger partial charge in [-0.05, 0) is 59.1 Å². The van der Waals surface area contributed by atoms with Gasteiger partial charge in [-0.2, -0.15) is 0 Å². The molecule has 2 aliphatic heterocycles. The Bertz CT molecular complexity index is 1210. The van der Waals surface area contributed by atoms with Gasteiger partial charge in [0.2, 0.25) is 0 Å². The lowest BCUT2D eigenvalue weighted by Crippen LogP contribution is -2.56. The second kappa shape index (κ2) is 8.12. The number of hydrogen-bond donors (Lipinski definition) is 0. The van der Waals surface area contributed by atoms with Crippen molar-refractivity contribution in [3.05, 3.63) is 69.8 Å². The molecule has 0 N–H and O–H groups in total. The van der Waals surface area contributed by atoms with E-state index in [0.717, 1.165) is 24.0 Å². The van der Waals surface area contributed by atoms with Crippen LogP contribution in [0.15, 0.2) is 36.4 Å². The predicted molar refractivity (Wildman–Crippen MR) is 137 cm³/mol. The Balaban J connectivity index is 1.50. The van der Waals surface area contributed by atoms with Crippen LogP contribution >= 0.6 is 0 Å². The van der Waals surface area contributed by atoms with Gasteiger partial charge in [0, 0.05) is 0 Å². The molecule has 0 radical (unpaired) electrons. The Kier molecular flexibility index (Phi) is 5.51. The van der Waals surface area contributed by atoms with Gasteiger partial charge in [-0.1, -0.05) is 66.5 Å². The largest absolute Gasteiger partial charge is 0.269 e. The van der Waals surface area contributed by atoms with Gasteiger partial charge in [-0.25, -0.2) is 0 Å². The van der Waals surface area contributed by atoms with Crippen LogP contribution in [0.3, 0.4) is 0 Å². The molecule has 4 amide bonds. The average Bonchev–Trinajstić information content (AvgIpc) is 3.21. The number of carbonyl (C=O) groups excluding carboxylic acids is 4. The first kappa shape index (κ1) is 24.4. The van der Waals surface area contributed by atoms with Gasteiger partial charge in [0.15, 0.2) is 0 Å². The van der Waals surface area contributed by atoms with Crippen molar-refractivity contribution in [3.8, 4) is 0 Å². The predicted octanol–water partition coefficient (Wildman–Crippen LogP) is 5.49. The maximum atomic E-state index is 13.6. The Hall–Kier alpha value is -3.28. The smallest absolute Gasteiger partial charge is 0.261 e. The maximum Gasteiger partial charge on any atom is 0.261 e. The van der Waals surface area contributed by atoms with E-state index in [4.69, 9.17) is 0 Å². The quantitative estimate of drug-likeness (QED) is 0.527. The van der Waals surface area contributed by atoms with E-state index < -0.39 is 12.1 Å². The molecule has 36 heavy (non-hydrogen) atoms. The van der Waals surface area contributed by atoms with E-state index in [1.54, 1.807) is 12.1 Å². The highest BCUT2D eigenvalue weighted by Gasteiger charge is 2.50. The topological polar surface area (TPSA) is 74.8 Å². The van der Waals surface area contributed by atoms with Crippen LogP contribution in [0.1, 0.15) is 120 Å². The summed E-state index contributed by atoms with van der Waals surface area (Å²) in [4.78, 5) is 56.8. The number of rotatable bonds is 2. The number of benzene rings is 2. The minimum Gasteiger partial charge on any atom is -0.269 e. The molecule has 1 fully saturated rings. The molecule has 1 saturated carbocycles. The Morgan fingerprint density at radius 3 is 1.22 bits per heavy atom. The fraction of sp³-hybridized carbons (Fsp3) is 0.467. The Labute approximate surface area is 212 Å². The Morgan fingerprint density at radius 1 is 0.556 bits per heavy atom. The van der Waals surface area contributed by atoms with Crippen LogP contribution in [-0.4, -0.2) is 45.5 Å². The number of imide groups is 2. The highest BCUT2D eigenvalue weighted by molar-refractivity contribution is 6.23. The van der Waals surface area contributed by atoms with Crippen molar-refractivity contribution in [2.75, 3.05) is 0 Å². The molecular weight excluding hydrogens is 452 g/mol. The fourth-order valence-electron chi connectivity index (χ4n) is 5.75. The van der Waals surface area contributed by atoms with Crippen LogP contribution in [0, 0.1) is 0 Å². The first-order valence-corrected chi connectivity index (χ1v) is 12.9. The molecule has 188 valence electrons. The lowest BCUT2D eigenvalue weighted by molar-refractivity contribution is 0.0291. The second-order valence-corrected chi connectivity index (χ2v) is 12.4. The fourth-order valence-corrected chi connectivity index (χ4v) is 5.75. The highest BCUT2D eigenvalue weighted by atomic mass is 16.2. The normalized spacial score (nSPS) is 22.4. The van der Waals surface area contributed by atoms with E-state index in [2.05, 4.69) is 41.5 Å². The van der Waals surface area contributed by atoms with Crippen molar-refractivity contribution in [2.45, 2.75) is 90.1 Å². The number of hydrogen-bond acceptors (Lipinski definition) is 4. The molecule has 2 aromatic rings. The van der Waals surface area contributed by atoms with Crippen molar-refractivity contribution in [2.24, 2.45) is 0 Å². The van der Waals surface area contributed by atoms with Gasteiger partial charge >= 0.3 is 0 Å². The third kappa shape index (κ3) is 3.69. The molecule has 0 spiro atoms. The van der Waals surface area contributed by atoms with Crippen molar-refractivity contribution < 1.29 is 19.2 Å². The third-order valence-electron chi connectivity index (χ3n) is 7.93. The SMILES string of the molecule is CC(C)(C)c1ccc2c(c1)C(=O)N(C1CCCCC1N1C(=O)c3ccc(C(C)(C)C)cc3C1=O)C2=O. The highest BCUT2D eigenvalue weighted by Crippen LogP contribution is 2.38. The third-order valence-corrected chi connectivity index (χ3v) is 7.93. The second-order valence-electron chi connectivity index (χ2n) is 12.4. The summed E-state index contributed by atoms with van der Waals surface area (Å²) in [6.45, 7) is 12.4. The minimum absolute atomic E-state index is 0.161. The summed E-state index contributed by atoms with van der Waals surface area (Å²) in [5.74, 6) is -1.33. The molecule has 2 aromatic carbocycles. The number of carbonyl (C=O) groups is 4. The van der Waals surface area contributed by atoms with E-state index in [-0.39, 0.29) is 34.5 Å². The summed E-state index contributed by atoms with van der Waals surface area (Å²) in [7, 11) is 0. The molecule has 2 atom stereocenters. The molecule has 0 aromatic heterocycles. The van der Waals surface area contributed by atoms with E-state index in [1.807, 2.05) is 24.3 Å². The van der Waals surface area contributed by atoms with Crippen LogP contribution in [0.4, 0.5) is 0 Å². The molecule has 0 bridgehead atoms. The van der Waals surface area contributed by atoms with Crippen LogP contribution < -0.4 is 0 Å². The van der Waals surface area contributed by atoms with Crippen LogP contribution in [-0.2, 0) is 10.8 Å². The lowest BCUT2D eigenvalue weighted by Gasteiger charge is -2.40. The number of nitrogens with zero attached hydrogens (tertiary/aromatic N) is 2. The summed E-state index contributed by atoms with van der Waals surface area (Å²) in [5, 5.41) is 0. The van der Waals surface area contributed by atoms with Gasteiger partial charge in [-0.15, -0.1) is 0 Å². The summed E-state index contributed by atoms with van der Waals surface area (Å²) in [6, 6.07) is 9.87. The van der Waals surface area contributed by atoms with E-state index >= 15 is 0 Å². The standard InChI is InChI=1S/C30H34N2O4/c1-29(2,3)17-11-13-19-21(15-17)27(35)31(25(19)33)23-9-7-8-10-24(23)32-26(34)20-14-12-18(30(4,5)6)16-22(20)28(32)36/h11-16,23-24H,7-10H2,1-6H3. The number of fused-ring (bicyclic) bond motifs is 2. The molecule has 0 saturated heterocycles. The molecule has 6 nitrogen and oxygen atoms in total. The van der Waals surface area contributed by atoms with E-state index in [0.29, 0.717) is 35.1 Å². The monoisotopic (exact) mass is 486 g/mol. The molecule has 5 rings (SSSR count). The molecular formula is C30H34N2O4. The summed E-state index contributed by atoms with van der Waals surface area (Å²) in [5.41, 5.74) is 3.27. The van der Waals surface area contributed by atoms with Gasteiger partial charge < -0.3 is 0 Å². The first-order valence-electron chi connectivity index (χ1n) is 12.9. The number of amides is 4. The maximum absolute atomic E-state index is 13.6. The van der Waals surface area contributed by atoms with Crippen molar-refractivity contribution in [3.63, 3.8) is 0 Å². The summed E-state index contributed by atoms with van der Waals surface area (Å²) >= 11 is 0. The molecule has 6 heteroatoms. The zero-order chi connectivity index (χ0) is 26.2. The van der Waals surface area contributed by atoms with E-state index in [9.17, 15) is 19.2 Å². The van der Waals surface area contributed by atoms with Crippen molar-refractivity contribution in [1.29, 1.82) is 0 Å². The molecule has 1 aliphatic carbocycles. The zero-order valence-electron chi connectivity index (χ0n) is 22.0. The van der Waals surface area contributed by atoms with Gasteiger partial charge in [-0.3, -0.25) is 29.0 Å². The van der Waals surface area contributed by atoms with E-state index in [1.165, 1.54) is 9.80 Å². The van der Waals surface area contributed by atoms with Gasteiger partial charge in [0.25, 0.3) is 23.6 Å². The van der Waals surface area contributed by atoms with Crippen LogP contribution in [0.25, 0.3) is 0 Å². The molecule has 3 aliphatic rings. The van der Waals surface area contributed by atoms with Crippen LogP contribution in [0.5, 0.6) is 0 Å². The van der Waals surface area contributed by atoms with Gasteiger partial charge in [0.05, 0.1) is 34.3 Å². The average molecular weight is 487 g/mol. The lowest BCUT2D eigenvalue weighted by atomic mass is 9.85. The minimum atomic E-state index is -0.534. The van der Waals surface area contributed by atoms with Crippen molar-refractivity contribution in [1.82, 2.24) is 9.80 Å². The Morgan fingerprint density at radius 2 is 0.889 bits per heavy atom. The zero-order valence-corrected chi connectivity index (χ0v) is 22.0. The summed E-state index contributed by atoms with van der Waals surface area (Å²) < 4.78 is 0. The van der Waals surface area contributed by atoms with Crippen LogP contribution in [0.2, 0.25) is 0 Å². The first-order chi connectivity index (χ1) is 16.8. The van der Waals surface area contributed by atoms with Gasteiger partial charge in [0.1, 0.15) is 0 Å².